The van der Waals surface area contributed by atoms with Gasteiger partial charge in [0.05, 0.1) is 30.4 Å². The number of nitrogens with one attached hydrogen (secondary N) is 2. The van der Waals surface area contributed by atoms with E-state index in [0.717, 1.165) is 0 Å². The molecule has 4 rings (SSSR count). The van der Waals surface area contributed by atoms with Gasteiger partial charge in [-0.1, -0.05) is 23.2 Å². The molecule has 0 saturated carbocycles. The van der Waals surface area contributed by atoms with Gasteiger partial charge in [0, 0.05) is 16.8 Å². The maximum atomic E-state index is 12.6. The second-order valence-corrected chi connectivity index (χ2v) is 8.05. The van der Waals surface area contributed by atoms with Crippen LogP contribution in [0.15, 0.2) is 59.0 Å². The number of aromatic nitrogens is 1. The first-order valence-electron chi connectivity index (χ1n) is 9.58. The number of nitrogens with zero attached hydrogens (tertiary/aromatic N) is 1. The number of carbonyl (C=O) groups is 1. The Bertz CT molecular complexity index is 1370. The normalized spacial score (nSPS) is 10.7. The van der Waals surface area contributed by atoms with Crippen LogP contribution in [0.5, 0.6) is 11.5 Å². The molecule has 0 aliphatic carbocycles. The van der Waals surface area contributed by atoms with E-state index < -0.39 is 5.91 Å². The first-order chi connectivity index (χ1) is 15.9. The van der Waals surface area contributed by atoms with Crippen LogP contribution in [0, 0.1) is 0 Å². The Morgan fingerprint density at radius 2 is 1.85 bits per heavy atom. The molecule has 33 heavy (non-hydrogen) atoms. The minimum Gasteiger partial charge on any atom is -0.497 e. The largest absolute Gasteiger partial charge is 0.497 e. The Morgan fingerprint density at radius 1 is 1.03 bits per heavy atom. The van der Waals surface area contributed by atoms with Gasteiger partial charge in [0.2, 0.25) is 5.89 Å². The van der Waals surface area contributed by atoms with Gasteiger partial charge in [-0.05, 0) is 60.7 Å². The van der Waals surface area contributed by atoms with Crippen molar-refractivity contribution >= 4 is 63.2 Å². The van der Waals surface area contributed by atoms with Crippen molar-refractivity contribution in [3.63, 3.8) is 0 Å². The quantitative estimate of drug-likeness (QED) is 0.327. The smallest absolute Gasteiger partial charge is 0.261 e. The number of methoxy groups -OCH3 is 2. The summed E-state index contributed by atoms with van der Waals surface area (Å²) < 4.78 is 16.2. The van der Waals surface area contributed by atoms with Crippen LogP contribution in [0.2, 0.25) is 10.0 Å². The first-order valence-corrected chi connectivity index (χ1v) is 10.7. The molecule has 10 heteroatoms. The summed E-state index contributed by atoms with van der Waals surface area (Å²) in [4.78, 5) is 17.1. The van der Waals surface area contributed by atoms with Crippen molar-refractivity contribution in [3.8, 4) is 23.0 Å². The number of ether oxygens (including phenoxy) is 2. The molecule has 7 nitrogen and oxygen atoms in total. The van der Waals surface area contributed by atoms with Gasteiger partial charge in [-0.25, -0.2) is 4.98 Å². The zero-order valence-corrected chi connectivity index (χ0v) is 19.8. The number of fused-ring (bicyclic) bond motifs is 1. The van der Waals surface area contributed by atoms with Crippen LogP contribution in [0.4, 0.5) is 5.69 Å². The molecule has 4 aromatic rings. The number of halogens is 2. The molecule has 1 heterocycles. The van der Waals surface area contributed by atoms with Crippen molar-refractivity contribution < 1.29 is 18.7 Å². The number of anilines is 1. The average Bonchev–Trinajstić information content (AvgIpc) is 3.23. The third-order valence-electron chi connectivity index (χ3n) is 4.68. The van der Waals surface area contributed by atoms with E-state index in [-0.39, 0.29) is 5.11 Å². The molecule has 0 spiro atoms. The fraction of sp³-hybridized carbons (Fsp3) is 0.0870. The highest BCUT2D eigenvalue weighted by Crippen LogP contribution is 2.33. The van der Waals surface area contributed by atoms with Gasteiger partial charge in [-0.3, -0.25) is 10.1 Å². The molecule has 0 unspecified atom stereocenters. The summed E-state index contributed by atoms with van der Waals surface area (Å²) in [5.41, 5.74) is 2.66. The molecule has 0 fully saturated rings. The highest BCUT2D eigenvalue weighted by Gasteiger charge is 2.16. The van der Waals surface area contributed by atoms with Crippen LogP contribution >= 0.6 is 35.4 Å². The second-order valence-electron chi connectivity index (χ2n) is 6.80. The minimum atomic E-state index is -0.424. The first kappa shape index (κ1) is 22.8. The van der Waals surface area contributed by atoms with Crippen LogP contribution in [0.25, 0.3) is 22.6 Å². The number of hydrogen-bond donors (Lipinski definition) is 2. The molecule has 0 bridgehead atoms. The van der Waals surface area contributed by atoms with E-state index >= 15 is 0 Å². The van der Waals surface area contributed by atoms with Gasteiger partial charge in [0.1, 0.15) is 17.0 Å². The van der Waals surface area contributed by atoms with E-state index in [1.807, 2.05) is 0 Å². The van der Waals surface area contributed by atoms with Gasteiger partial charge < -0.3 is 19.2 Å². The van der Waals surface area contributed by atoms with Crippen LogP contribution < -0.4 is 20.1 Å². The third-order valence-corrected chi connectivity index (χ3v) is 5.45. The third kappa shape index (κ3) is 5.03. The van der Waals surface area contributed by atoms with Crippen molar-refractivity contribution in [2.24, 2.45) is 0 Å². The summed E-state index contributed by atoms with van der Waals surface area (Å²) in [5.74, 6) is 0.860. The van der Waals surface area contributed by atoms with E-state index in [9.17, 15) is 4.79 Å². The lowest BCUT2D eigenvalue weighted by Crippen LogP contribution is -2.34. The zero-order valence-electron chi connectivity index (χ0n) is 17.4. The van der Waals surface area contributed by atoms with Crippen molar-refractivity contribution in [3.05, 3.63) is 70.2 Å². The molecule has 0 atom stereocenters. The molecule has 2 N–H and O–H groups in total. The number of amides is 1. The number of carbonyl (C=O) groups excluding carboxylic acids is 1. The Kier molecular flexibility index (Phi) is 6.69. The number of thiocarbonyl (C=S) groups is 1. The predicted molar refractivity (Wildman–Crippen MR) is 133 cm³/mol. The summed E-state index contributed by atoms with van der Waals surface area (Å²) in [5, 5.41) is 6.71. The summed E-state index contributed by atoms with van der Waals surface area (Å²) >= 11 is 17.6. The molecule has 3 aromatic carbocycles. The Hall–Kier alpha value is -3.33. The van der Waals surface area contributed by atoms with E-state index in [4.69, 9.17) is 49.3 Å². The molecule has 0 saturated heterocycles. The summed E-state index contributed by atoms with van der Waals surface area (Å²) in [6, 6.07) is 15.2. The van der Waals surface area contributed by atoms with Crippen LogP contribution in [-0.4, -0.2) is 30.2 Å². The molecular weight excluding hydrogens is 485 g/mol. The predicted octanol–water partition coefficient (Wildman–Crippen LogP) is 5.95. The van der Waals surface area contributed by atoms with Crippen LogP contribution in [0.1, 0.15) is 10.4 Å². The maximum absolute atomic E-state index is 12.6. The molecule has 168 valence electrons. The molecule has 0 radical (unpaired) electrons. The van der Waals surface area contributed by atoms with Crippen LogP contribution in [-0.2, 0) is 0 Å². The average molecular weight is 502 g/mol. The van der Waals surface area contributed by atoms with Gasteiger partial charge in [0.25, 0.3) is 5.91 Å². The summed E-state index contributed by atoms with van der Waals surface area (Å²) in [7, 11) is 3.01. The standard InChI is InChI=1S/C23H17Cl2N3O4S/c1-30-14-5-6-15(20(11-14)31-2)21(29)28-23(33)26-13-4-8-19-18(10-13)27-22(32-19)16-9-12(24)3-7-17(16)25/h3-11H,1-2H3,(H2,26,28,29,33). The van der Waals surface area contributed by atoms with Gasteiger partial charge >= 0.3 is 0 Å². The van der Waals surface area contributed by atoms with Gasteiger partial charge in [-0.15, -0.1) is 0 Å². The Labute approximate surface area is 204 Å². The van der Waals surface area contributed by atoms with Gasteiger partial charge in [0.15, 0.2) is 10.7 Å². The molecular formula is C23H17Cl2N3O4S. The maximum Gasteiger partial charge on any atom is 0.261 e. The lowest BCUT2D eigenvalue weighted by Gasteiger charge is -2.12. The zero-order chi connectivity index (χ0) is 23.5. The second kappa shape index (κ2) is 9.66. The van der Waals surface area contributed by atoms with Gasteiger partial charge in [-0.2, -0.15) is 0 Å². The monoisotopic (exact) mass is 501 g/mol. The Balaban J connectivity index is 1.50. The highest BCUT2D eigenvalue weighted by atomic mass is 35.5. The number of hydrogen-bond acceptors (Lipinski definition) is 6. The summed E-state index contributed by atoms with van der Waals surface area (Å²) in [6.45, 7) is 0. The van der Waals surface area contributed by atoms with E-state index in [1.165, 1.54) is 14.2 Å². The fourth-order valence-electron chi connectivity index (χ4n) is 3.10. The SMILES string of the molecule is COc1ccc(C(=O)NC(=S)Nc2ccc3oc(-c4cc(Cl)ccc4Cl)nc3c2)c(OC)c1. The van der Waals surface area contributed by atoms with Crippen molar-refractivity contribution in [1.82, 2.24) is 10.3 Å². The topological polar surface area (TPSA) is 85.6 Å². The molecule has 1 amide bonds. The molecule has 1 aromatic heterocycles. The van der Waals surface area contributed by atoms with Crippen molar-refractivity contribution in [2.45, 2.75) is 0 Å². The fourth-order valence-corrected chi connectivity index (χ4v) is 3.68. The lowest BCUT2D eigenvalue weighted by molar-refractivity contribution is 0.0974. The lowest BCUT2D eigenvalue weighted by atomic mass is 10.2. The number of rotatable bonds is 5. The summed E-state index contributed by atoms with van der Waals surface area (Å²) in [6.07, 6.45) is 0. The Morgan fingerprint density at radius 3 is 2.61 bits per heavy atom. The van der Waals surface area contributed by atoms with Crippen LogP contribution in [0.3, 0.4) is 0 Å². The number of benzene rings is 3. The van der Waals surface area contributed by atoms with E-state index in [1.54, 1.807) is 54.6 Å². The molecule has 0 aliphatic heterocycles. The minimum absolute atomic E-state index is 0.110. The van der Waals surface area contributed by atoms with E-state index in [0.29, 0.717) is 55.3 Å². The van der Waals surface area contributed by atoms with Crippen molar-refractivity contribution in [2.75, 3.05) is 19.5 Å². The van der Waals surface area contributed by atoms with E-state index in [2.05, 4.69) is 15.6 Å². The van der Waals surface area contributed by atoms with Crippen molar-refractivity contribution in [1.29, 1.82) is 0 Å². The number of oxazole rings is 1. The molecule has 0 aliphatic rings. The highest BCUT2D eigenvalue weighted by molar-refractivity contribution is 7.80.